The first kappa shape index (κ1) is 12.1. The zero-order valence-corrected chi connectivity index (χ0v) is 11.3. The van der Waals surface area contributed by atoms with Crippen molar-refractivity contribution in [3.63, 3.8) is 0 Å². The van der Waals surface area contributed by atoms with Crippen LogP contribution in [0.1, 0.15) is 0 Å². The predicted molar refractivity (Wildman–Crippen MR) is 63.9 cm³/mol. The Balaban J connectivity index is 3.94. The molecule has 0 saturated heterocycles. The summed E-state index contributed by atoms with van der Waals surface area (Å²) in [5, 5.41) is 26.0. The van der Waals surface area contributed by atoms with Gasteiger partial charge in [-0.25, -0.2) is 0 Å². The van der Waals surface area contributed by atoms with E-state index in [1.165, 1.54) is 0 Å². The molecule has 3 N–H and O–H groups in total. The molecule has 0 amide bonds. The number of hydrogen-bond donors (Lipinski definition) is 3. The number of halogens is 3. The van der Waals surface area contributed by atoms with E-state index in [2.05, 4.69) is 45.2 Å². The van der Waals surface area contributed by atoms with Crippen molar-refractivity contribution in [1.29, 1.82) is 0 Å². The van der Waals surface area contributed by atoms with Crippen LogP contribution in [0.5, 0.6) is 0 Å². The SMILES string of the molecule is OC(O)(O)C(I)C(I)CI. The second-order valence-electron chi connectivity index (χ2n) is 1.76. The van der Waals surface area contributed by atoms with Gasteiger partial charge in [0.15, 0.2) is 0 Å². The highest BCUT2D eigenvalue weighted by Gasteiger charge is 2.34. The smallest absolute Gasteiger partial charge is 0.288 e. The maximum Gasteiger partial charge on any atom is 0.288 e. The fourth-order valence-electron chi connectivity index (χ4n) is 0.321. The summed E-state index contributed by atoms with van der Waals surface area (Å²) in [6, 6.07) is 0. The minimum Gasteiger partial charge on any atom is -0.343 e. The van der Waals surface area contributed by atoms with Gasteiger partial charge < -0.3 is 15.3 Å². The van der Waals surface area contributed by atoms with Gasteiger partial charge >= 0.3 is 0 Å². The second kappa shape index (κ2) is 4.94. The molecular formula is C4H7I3O3. The minimum absolute atomic E-state index is 0.0544. The molecule has 62 valence electrons. The van der Waals surface area contributed by atoms with E-state index in [4.69, 9.17) is 15.3 Å². The lowest BCUT2D eigenvalue weighted by Crippen LogP contribution is -2.43. The van der Waals surface area contributed by atoms with Crippen molar-refractivity contribution in [3.8, 4) is 0 Å². The summed E-state index contributed by atoms with van der Waals surface area (Å²) in [6.45, 7) is 0. The van der Waals surface area contributed by atoms with Crippen LogP contribution in [0.4, 0.5) is 0 Å². The van der Waals surface area contributed by atoms with E-state index in [0.29, 0.717) is 0 Å². The number of rotatable bonds is 3. The molecule has 0 radical (unpaired) electrons. The third-order valence-electron chi connectivity index (χ3n) is 0.835. The Labute approximate surface area is 100 Å². The molecule has 0 aromatic carbocycles. The first-order chi connectivity index (χ1) is 4.39. The number of alkyl halides is 3. The normalized spacial score (nSPS) is 18.6. The fourth-order valence-corrected chi connectivity index (χ4v) is 2.54. The molecule has 0 aliphatic heterocycles. The van der Waals surface area contributed by atoms with E-state index in [-0.39, 0.29) is 3.92 Å². The summed E-state index contributed by atoms with van der Waals surface area (Å²) in [7, 11) is 0. The quantitative estimate of drug-likeness (QED) is 0.314. The molecule has 2 unspecified atom stereocenters. The van der Waals surface area contributed by atoms with Crippen LogP contribution in [0.15, 0.2) is 0 Å². The Bertz CT molecular complexity index is 102. The van der Waals surface area contributed by atoms with Crippen molar-refractivity contribution in [2.45, 2.75) is 13.8 Å². The maximum atomic E-state index is 8.68. The average molecular weight is 484 g/mol. The lowest BCUT2D eigenvalue weighted by molar-refractivity contribution is -0.306. The molecule has 0 aromatic heterocycles. The van der Waals surface area contributed by atoms with Gasteiger partial charge in [0, 0.05) is 8.35 Å². The summed E-state index contributed by atoms with van der Waals surface area (Å²) >= 11 is 6.00. The molecule has 0 aliphatic carbocycles. The summed E-state index contributed by atoms with van der Waals surface area (Å²) in [6.07, 6.45) is 0. The van der Waals surface area contributed by atoms with Crippen LogP contribution in [-0.4, -0.2) is 33.6 Å². The molecule has 3 nitrogen and oxygen atoms in total. The van der Waals surface area contributed by atoms with Gasteiger partial charge in [-0.3, -0.25) is 0 Å². The molecule has 10 heavy (non-hydrogen) atoms. The molecule has 0 fully saturated rings. The zero-order valence-electron chi connectivity index (χ0n) is 4.84. The molecule has 0 rings (SSSR count). The van der Waals surface area contributed by atoms with Crippen LogP contribution in [0, 0.1) is 0 Å². The lowest BCUT2D eigenvalue weighted by Gasteiger charge is -2.23. The summed E-state index contributed by atoms with van der Waals surface area (Å²) in [5.41, 5.74) is 0. The van der Waals surface area contributed by atoms with Gasteiger partial charge in [-0.05, 0) is 0 Å². The fraction of sp³-hybridized carbons (Fsp3) is 1.00. The van der Waals surface area contributed by atoms with E-state index < -0.39 is 9.90 Å². The van der Waals surface area contributed by atoms with Crippen molar-refractivity contribution in [3.05, 3.63) is 0 Å². The van der Waals surface area contributed by atoms with Crippen LogP contribution in [-0.2, 0) is 0 Å². The van der Waals surface area contributed by atoms with Crippen molar-refractivity contribution < 1.29 is 15.3 Å². The predicted octanol–water partition coefficient (Wildman–Crippen LogP) is 0.659. The summed E-state index contributed by atoms with van der Waals surface area (Å²) < 4.78 is 0.274. The highest BCUT2D eigenvalue weighted by Crippen LogP contribution is 2.24. The first-order valence-corrected chi connectivity index (χ1v) is 6.42. The van der Waals surface area contributed by atoms with Crippen molar-refractivity contribution >= 4 is 67.8 Å². The molecule has 2 atom stereocenters. The zero-order chi connectivity index (χ0) is 8.36. The molecule has 0 heterocycles. The van der Waals surface area contributed by atoms with Crippen LogP contribution < -0.4 is 0 Å². The number of hydrogen-bond acceptors (Lipinski definition) is 3. The average Bonchev–Trinajstić information content (AvgIpc) is 1.83. The summed E-state index contributed by atoms with van der Waals surface area (Å²) in [5.74, 6) is -2.54. The van der Waals surface area contributed by atoms with Crippen LogP contribution in [0.25, 0.3) is 0 Å². The van der Waals surface area contributed by atoms with Gasteiger partial charge in [0.25, 0.3) is 5.97 Å². The third kappa shape index (κ3) is 4.18. The number of aliphatic hydroxyl groups is 3. The Morgan fingerprint density at radius 1 is 1.20 bits per heavy atom. The monoisotopic (exact) mass is 484 g/mol. The van der Waals surface area contributed by atoms with Crippen molar-refractivity contribution in [2.75, 3.05) is 4.43 Å². The molecule has 0 bridgehead atoms. The van der Waals surface area contributed by atoms with E-state index in [9.17, 15) is 0 Å². The van der Waals surface area contributed by atoms with Crippen LogP contribution >= 0.6 is 67.8 Å². The topological polar surface area (TPSA) is 60.7 Å². The highest BCUT2D eigenvalue weighted by atomic mass is 127. The van der Waals surface area contributed by atoms with E-state index >= 15 is 0 Å². The molecule has 6 heteroatoms. The second-order valence-corrected chi connectivity index (χ2v) is 5.58. The Kier molecular flexibility index (Phi) is 5.97. The van der Waals surface area contributed by atoms with Gasteiger partial charge in [-0.2, -0.15) is 0 Å². The van der Waals surface area contributed by atoms with E-state index in [0.717, 1.165) is 4.43 Å². The van der Waals surface area contributed by atoms with E-state index in [1.54, 1.807) is 0 Å². The van der Waals surface area contributed by atoms with Crippen molar-refractivity contribution in [1.82, 2.24) is 0 Å². The van der Waals surface area contributed by atoms with Crippen LogP contribution in [0.3, 0.4) is 0 Å². The largest absolute Gasteiger partial charge is 0.343 e. The molecule has 0 spiro atoms. The first-order valence-electron chi connectivity index (χ1n) is 2.40. The molecular weight excluding hydrogens is 477 g/mol. The Morgan fingerprint density at radius 2 is 1.60 bits per heavy atom. The van der Waals surface area contributed by atoms with Gasteiger partial charge in [0.05, 0.1) is 0 Å². The van der Waals surface area contributed by atoms with Gasteiger partial charge in [0.1, 0.15) is 3.92 Å². The standard InChI is InChI=1S/C4H7I3O3/c5-1-2(6)3(7)4(8,9)10/h2-3,8-10H,1H2. The maximum absolute atomic E-state index is 8.68. The highest BCUT2D eigenvalue weighted by molar-refractivity contribution is 14.1. The van der Waals surface area contributed by atoms with Gasteiger partial charge in [-0.1, -0.05) is 67.8 Å². The molecule has 0 aliphatic rings. The third-order valence-corrected chi connectivity index (χ3v) is 7.71. The van der Waals surface area contributed by atoms with Gasteiger partial charge in [0.2, 0.25) is 0 Å². The van der Waals surface area contributed by atoms with Gasteiger partial charge in [-0.15, -0.1) is 0 Å². The van der Waals surface area contributed by atoms with Crippen LogP contribution in [0.2, 0.25) is 0 Å². The minimum atomic E-state index is -2.54. The Hall–Kier alpha value is 2.07. The lowest BCUT2D eigenvalue weighted by atomic mass is 10.3. The summed E-state index contributed by atoms with van der Waals surface area (Å²) in [4.78, 5) is 0. The molecule has 0 saturated carbocycles. The molecule has 0 aromatic rings. The van der Waals surface area contributed by atoms with E-state index in [1.807, 2.05) is 22.6 Å². The van der Waals surface area contributed by atoms with Crippen molar-refractivity contribution in [2.24, 2.45) is 0 Å². The Morgan fingerprint density at radius 3 is 1.70 bits per heavy atom.